The Hall–Kier alpha value is -2.50. The van der Waals surface area contributed by atoms with E-state index in [0.29, 0.717) is 14.6 Å². The second kappa shape index (κ2) is 7.64. The molecule has 0 spiro atoms. The number of likely N-dealkylation sites (tertiary alicyclic amines) is 1. The number of amides is 1. The van der Waals surface area contributed by atoms with Crippen LogP contribution in [0.3, 0.4) is 0 Å². The standard InChI is InChI=1S/C22H27N6OP/c1-15-13-28-18(12-23-15)10-19(24-28)20-11-21(29)27-14-17(4-5-22(27)30-20)26-8-6-16(7-9-26)25(2)3/h4-5,10-14,16,22,30H,6-9H2,1-3H3. The maximum atomic E-state index is 13.0. The monoisotopic (exact) mass is 422 g/mol. The average Bonchev–Trinajstić information content (AvgIpc) is 3.17. The van der Waals surface area contributed by atoms with E-state index >= 15 is 0 Å². The van der Waals surface area contributed by atoms with Crippen molar-refractivity contribution < 1.29 is 4.79 Å². The number of allylic oxidation sites excluding steroid dienone is 1. The Kier molecular flexibility index (Phi) is 4.95. The first-order chi connectivity index (χ1) is 14.5. The summed E-state index contributed by atoms with van der Waals surface area (Å²) in [6.07, 6.45) is 14.2. The number of carbonyl (C=O) groups excluding carboxylic acids is 1. The molecule has 7 nitrogen and oxygen atoms in total. The minimum Gasteiger partial charge on any atom is -0.370 e. The van der Waals surface area contributed by atoms with E-state index < -0.39 is 0 Å². The zero-order valence-corrected chi connectivity index (χ0v) is 18.6. The molecule has 2 aromatic rings. The van der Waals surface area contributed by atoms with E-state index in [0.717, 1.165) is 53.8 Å². The van der Waals surface area contributed by atoms with E-state index in [4.69, 9.17) is 0 Å². The molecule has 3 aliphatic heterocycles. The third-order valence-electron chi connectivity index (χ3n) is 6.16. The molecule has 0 aliphatic carbocycles. The molecule has 0 radical (unpaired) electrons. The molecular formula is C22H27N6OP. The highest BCUT2D eigenvalue weighted by atomic mass is 31.1. The van der Waals surface area contributed by atoms with Crippen molar-refractivity contribution in [2.45, 2.75) is 31.6 Å². The van der Waals surface area contributed by atoms with Crippen molar-refractivity contribution in [3.63, 3.8) is 0 Å². The summed E-state index contributed by atoms with van der Waals surface area (Å²) in [6, 6.07) is 2.66. The lowest BCUT2D eigenvalue weighted by molar-refractivity contribution is -0.123. The van der Waals surface area contributed by atoms with Crippen molar-refractivity contribution in [3.05, 3.63) is 60.0 Å². The Labute approximate surface area is 178 Å². The van der Waals surface area contributed by atoms with E-state index in [1.54, 1.807) is 6.08 Å². The van der Waals surface area contributed by atoms with Gasteiger partial charge in [0.25, 0.3) is 5.91 Å². The van der Waals surface area contributed by atoms with Crippen LogP contribution >= 0.6 is 8.58 Å². The summed E-state index contributed by atoms with van der Waals surface area (Å²) < 4.78 is 1.84. The molecule has 0 saturated carbocycles. The van der Waals surface area contributed by atoms with Gasteiger partial charge in [-0.25, -0.2) is 4.52 Å². The van der Waals surface area contributed by atoms with E-state index in [1.807, 2.05) is 41.0 Å². The molecule has 156 valence electrons. The van der Waals surface area contributed by atoms with Crippen molar-refractivity contribution in [2.75, 3.05) is 27.2 Å². The lowest BCUT2D eigenvalue weighted by Crippen LogP contribution is -2.43. The van der Waals surface area contributed by atoms with Crippen LogP contribution in [-0.2, 0) is 4.79 Å². The molecule has 5 rings (SSSR count). The van der Waals surface area contributed by atoms with Gasteiger partial charge in [0.05, 0.1) is 40.8 Å². The van der Waals surface area contributed by atoms with E-state index in [-0.39, 0.29) is 11.7 Å². The fraction of sp³-hybridized carbons (Fsp3) is 0.409. The molecule has 1 fully saturated rings. The van der Waals surface area contributed by atoms with Gasteiger partial charge in [-0.05, 0) is 46.0 Å². The normalized spacial score (nSPS) is 23.3. The second-order valence-corrected chi connectivity index (χ2v) is 9.83. The first-order valence-electron chi connectivity index (χ1n) is 10.4. The van der Waals surface area contributed by atoms with Crippen molar-refractivity contribution in [3.8, 4) is 0 Å². The summed E-state index contributed by atoms with van der Waals surface area (Å²) in [5.41, 5.74) is 3.87. The van der Waals surface area contributed by atoms with Crippen LogP contribution in [0.4, 0.5) is 0 Å². The Morgan fingerprint density at radius 1 is 1.23 bits per heavy atom. The molecule has 2 aromatic heterocycles. The third-order valence-corrected chi connectivity index (χ3v) is 7.63. The van der Waals surface area contributed by atoms with Crippen molar-refractivity contribution in [2.24, 2.45) is 0 Å². The van der Waals surface area contributed by atoms with Gasteiger partial charge in [0, 0.05) is 36.7 Å². The molecule has 8 heteroatoms. The quantitative estimate of drug-likeness (QED) is 0.712. The number of aryl methyl sites for hydroxylation is 1. The fourth-order valence-electron chi connectivity index (χ4n) is 4.36. The lowest BCUT2D eigenvalue weighted by Gasteiger charge is -2.40. The number of piperidine rings is 1. The molecule has 1 saturated heterocycles. The Morgan fingerprint density at radius 3 is 2.80 bits per heavy atom. The maximum Gasteiger partial charge on any atom is 0.252 e. The zero-order valence-electron chi connectivity index (χ0n) is 17.6. The molecule has 0 bridgehead atoms. The van der Waals surface area contributed by atoms with Gasteiger partial charge in [-0.3, -0.25) is 9.78 Å². The number of fused-ring (bicyclic) bond motifs is 2. The van der Waals surface area contributed by atoms with Gasteiger partial charge in [0.2, 0.25) is 0 Å². The SMILES string of the molecule is Cc1cn2nc(C3=CC(=O)N4C=C(N5CCC(N(C)C)CC5)C=CC4P3)cc2cn1. The molecule has 30 heavy (non-hydrogen) atoms. The fourth-order valence-corrected chi connectivity index (χ4v) is 5.69. The summed E-state index contributed by atoms with van der Waals surface area (Å²) in [5.74, 6) is 0.107. The molecule has 0 aromatic carbocycles. The predicted molar refractivity (Wildman–Crippen MR) is 120 cm³/mol. The third kappa shape index (κ3) is 3.57. The van der Waals surface area contributed by atoms with Crippen LogP contribution in [0.15, 0.2) is 48.6 Å². The highest BCUT2D eigenvalue weighted by Gasteiger charge is 2.31. The van der Waals surface area contributed by atoms with Crippen LogP contribution in [0.5, 0.6) is 0 Å². The number of rotatable bonds is 3. The second-order valence-electron chi connectivity index (χ2n) is 8.42. The summed E-state index contributed by atoms with van der Waals surface area (Å²) >= 11 is 0. The van der Waals surface area contributed by atoms with Gasteiger partial charge < -0.3 is 14.7 Å². The first kappa shape index (κ1) is 19.5. The maximum absolute atomic E-state index is 13.0. The van der Waals surface area contributed by atoms with Crippen LogP contribution < -0.4 is 0 Å². The van der Waals surface area contributed by atoms with Gasteiger partial charge in [-0.15, -0.1) is 0 Å². The molecule has 2 unspecified atom stereocenters. The number of hydrogen-bond acceptors (Lipinski definition) is 5. The smallest absolute Gasteiger partial charge is 0.252 e. The van der Waals surface area contributed by atoms with E-state index in [1.165, 1.54) is 0 Å². The molecule has 0 N–H and O–H groups in total. The van der Waals surface area contributed by atoms with Crippen LogP contribution in [0.1, 0.15) is 24.2 Å². The Bertz CT molecular complexity index is 1080. The van der Waals surface area contributed by atoms with Crippen LogP contribution in [-0.4, -0.2) is 74.2 Å². The zero-order chi connectivity index (χ0) is 20.8. The Morgan fingerprint density at radius 2 is 2.03 bits per heavy atom. The van der Waals surface area contributed by atoms with Gasteiger partial charge in [-0.2, -0.15) is 5.10 Å². The summed E-state index contributed by atoms with van der Waals surface area (Å²) in [7, 11) is 4.78. The van der Waals surface area contributed by atoms with Crippen LogP contribution in [0.25, 0.3) is 10.8 Å². The first-order valence-corrected chi connectivity index (χ1v) is 11.5. The average molecular weight is 422 g/mol. The van der Waals surface area contributed by atoms with Crippen LogP contribution in [0, 0.1) is 6.92 Å². The molecule has 1 amide bonds. The van der Waals surface area contributed by atoms with Gasteiger partial charge in [0.15, 0.2) is 0 Å². The van der Waals surface area contributed by atoms with Gasteiger partial charge in [0.1, 0.15) is 0 Å². The minimum atomic E-state index is 0.0325. The predicted octanol–water partition coefficient (Wildman–Crippen LogP) is 2.66. The number of carbonyl (C=O) groups is 1. The highest BCUT2D eigenvalue weighted by Crippen LogP contribution is 2.44. The van der Waals surface area contributed by atoms with Gasteiger partial charge in [-0.1, -0.05) is 14.7 Å². The number of nitrogens with zero attached hydrogens (tertiary/aromatic N) is 6. The van der Waals surface area contributed by atoms with E-state index in [9.17, 15) is 4.79 Å². The summed E-state index contributed by atoms with van der Waals surface area (Å²) in [5, 5.41) is 5.68. The van der Waals surface area contributed by atoms with Gasteiger partial charge >= 0.3 is 0 Å². The number of hydrogen-bond donors (Lipinski definition) is 0. The van der Waals surface area contributed by atoms with Crippen molar-refractivity contribution in [1.82, 2.24) is 29.3 Å². The molecule has 3 aliphatic rings. The Balaban J connectivity index is 1.35. The topological polar surface area (TPSA) is 57.0 Å². The molecule has 2 atom stereocenters. The summed E-state index contributed by atoms with van der Waals surface area (Å²) in [6.45, 7) is 4.01. The van der Waals surface area contributed by atoms with Crippen LogP contribution in [0.2, 0.25) is 0 Å². The van der Waals surface area contributed by atoms with Crippen molar-refractivity contribution >= 4 is 25.3 Å². The summed E-state index contributed by atoms with van der Waals surface area (Å²) in [4.78, 5) is 23.9. The molecular weight excluding hydrogens is 395 g/mol. The highest BCUT2D eigenvalue weighted by molar-refractivity contribution is 7.51. The largest absolute Gasteiger partial charge is 0.370 e. The van der Waals surface area contributed by atoms with Crippen molar-refractivity contribution in [1.29, 1.82) is 0 Å². The number of aromatic nitrogens is 3. The lowest BCUT2D eigenvalue weighted by atomic mass is 10.0. The molecule has 5 heterocycles. The minimum absolute atomic E-state index is 0.0325. The van der Waals surface area contributed by atoms with E-state index in [2.05, 4.69) is 46.1 Å².